The third kappa shape index (κ3) is 2.84. The molecule has 18 heavy (non-hydrogen) atoms. The molecule has 0 spiro atoms. The van der Waals surface area contributed by atoms with Crippen molar-refractivity contribution in [3.05, 3.63) is 59.7 Å². The van der Waals surface area contributed by atoms with E-state index in [4.69, 9.17) is 5.73 Å². The quantitative estimate of drug-likeness (QED) is 0.898. The summed E-state index contributed by atoms with van der Waals surface area (Å²) in [6, 6.07) is 10.5. The van der Waals surface area contributed by atoms with E-state index < -0.39 is 0 Å². The lowest BCUT2D eigenvalue weighted by Crippen LogP contribution is -2.19. The molecule has 0 fully saturated rings. The van der Waals surface area contributed by atoms with Gasteiger partial charge in [-0.2, -0.15) is 0 Å². The van der Waals surface area contributed by atoms with Crippen LogP contribution in [0.4, 0.5) is 10.1 Å². The summed E-state index contributed by atoms with van der Waals surface area (Å²) in [5.74, 6) is -0.259. The minimum atomic E-state index is -0.259. The molecule has 1 aromatic carbocycles. The Morgan fingerprint density at radius 1 is 1.28 bits per heavy atom. The van der Waals surface area contributed by atoms with Gasteiger partial charge in [-0.1, -0.05) is 6.07 Å². The van der Waals surface area contributed by atoms with Crippen molar-refractivity contribution in [1.82, 2.24) is 4.98 Å². The number of aromatic nitrogens is 1. The van der Waals surface area contributed by atoms with E-state index in [-0.39, 0.29) is 5.82 Å². The number of nitrogens with zero attached hydrogens (tertiary/aromatic N) is 2. The van der Waals surface area contributed by atoms with E-state index in [1.165, 1.54) is 12.1 Å². The summed E-state index contributed by atoms with van der Waals surface area (Å²) in [6.07, 6.45) is 1.76. The smallest absolute Gasteiger partial charge is 0.123 e. The second-order valence-electron chi connectivity index (χ2n) is 4.15. The molecule has 4 heteroatoms. The molecule has 0 amide bonds. The number of pyridine rings is 1. The van der Waals surface area contributed by atoms with Gasteiger partial charge in [-0.05, 0) is 35.9 Å². The monoisotopic (exact) mass is 245 g/mol. The third-order valence-corrected chi connectivity index (χ3v) is 2.80. The van der Waals surface area contributed by atoms with Crippen LogP contribution in [0.15, 0.2) is 42.6 Å². The second kappa shape index (κ2) is 5.60. The maximum absolute atomic E-state index is 13.1. The molecule has 2 aromatic rings. The number of benzene rings is 1. The third-order valence-electron chi connectivity index (χ3n) is 2.80. The molecule has 0 aliphatic rings. The zero-order chi connectivity index (χ0) is 13.0. The Morgan fingerprint density at radius 3 is 2.78 bits per heavy atom. The summed E-state index contributed by atoms with van der Waals surface area (Å²) in [7, 11) is 1.95. The van der Waals surface area contributed by atoms with Gasteiger partial charge >= 0.3 is 0 Å². The van der Waals surface area contributed by atoms with Crippen molar-refractivity contribution in [2.75, 3.05) is 11.9 Å². The molecule has 0 unspecified atom stereocenters. The summed E-state index contributed by atoms with van der Waals surface area (Å²) in [6.45, 7) is 0.985. The Balaban J connectivity index is 2.21. The number of hydrogen-bond acceptors (Lipinski definition) is 3. The molecule has 0 aliphatic carbocycles. The fraction of sp³-hybridized carbons (Fsp3) is 0.214. The number of rotatable bonds is 4. The summed E-state index contributed by atoms with van der Waals surface area (Å²) >= 11 is 0. The van der Waals surface area contributed by atoms with Crippen molar-refractivity contribution < 1.29 is 4.39 Å². The predicted octanol–water partition coefficient (Wildman–Crippen LogP) is 2.32. The topological polar surface area (TPSA) is 42.2 Å². The van der Waals surface area contributed by atoms with Crippen LogP contribution in [0.1, 0.15) is 11.3 Å². The van der Waals surface area contributed by atoms with Crippen LogP contribution in [0.25, 0.3) is 0 Å². The summed E-state index contributed by atoms with van der Waals surface area (Å²) in [5.41, 5.74) is 8.34. The summed E-state index contributed by atoms with van der Waals surface area (Å²) in [4.78, 5) is 6.29. The van der Waals surface area contributed by atoms with E-state index >= 15 is 0 Å². The molecular formula is C14H16FN3. The van der Waals surface area contributed by atoms with E-state index in [9.17, 15) is 4.39 Å². The Labute approximate surface area is 106 Å². The Hall–Kier alpha value is -1.94. The Morgan fingerprint density at radius 2 is 2.11 bits per heavy atom. The molecule has 0 aliphatic heterocycles. The van der Waals surface area contributed by atoms with Gasteiger partial charge in [0, 0.05) is 25.5 Å². The van der Waals surface area contributed by atoms with Crippen molar-refractivity contribution in [1.29, 1.82) is 0 Å². The SMILES string of the molecule is CN(Cc1ccccn1)c1ccc(F)cc1CN. The molecule has 0 atom stereocenters. The van der Waals surface area contributed by atoms with Gasteiger partial charge in [-0.3, -0.25) is 4.98 Å². The molecule has 0 saturated heterocycles. The van der Waals surface area contributed by atoms with Gasteiger partial charge in [0.1, 0.15) is 5.82 Å². The first kappa shape index (κ1) is 12.5. The molecule has 2 rings (SSSR count). The van der Waals surface area contributed by atoms with Crippen LogP contribution in [0, 0.1) is 5.82 Å². The normalized spacial score (nSPS) is 10.4. The molecule has 1 heterocycles. The lowest BCUT2D eigenvalue weighted by molar-refractivity contribution is 0.625. The zero-order valence-corrected chi connectivity index (χ0v) is 10.3. The minimum Gasteiger partial charge on any atom is -0.368 e. The number of hydrogen-bond donors (Lipinski definition) is 1. The maximum atomic E-state index is 13.1. The average Bonchev–Trinajstić information content (AvgIpc) is 2.39. The van der Waals surface area contributed by atoms with Gasteiger partial charge in [0.25, 0.3) is 0 Å². The first-order chi connectivity index (χ1) is 8.70. The average molecular weight is 245 g/mol. The largest absolute Gasteiger partial charge is 0.368 e. The lowest BCUT2D eigenvalue weighted by Gasteiger charge is -2.21. The van der Waals surface area contributed by atoms with Crippen molar-refractivity contribution in [2.24, 2.45) is 5.73 Å². The predicted molar refractivity (Wildman–Crippen MR) is 70.6 cm³/mol. The summed E-state index contributed by atoms with van der Waals surface area (Å²) < 4.78 is 13.1. The van der Waals surface area contributed by atoms with Gasteiger partial charge in [0.05, 0.1) is 12.2 Å². The van der Waals surface area contributed by atoms with Gasteiger partial charge in [0.15, 0.2) is 0 Å². The molecule has 2 N–H and O–H groups in total. The number of halogens is 1. The fourth-order valence-electron chi connectivity index (χ4n) is 1.91. The first-order valence-corrected chi connectivity index (χ1v) is 5.80. The van der Waals surface area contributed by atoms with E-state index in [0.717, 1.165) is 16.9 Å². The Kier molecular flexibility index (Phi) is 3.89. The molecular weight excluding hydrogens is 229 g/mol. The number of anilines is 1. The molecule has 1 aromatic heterocycles. The first-order valence-electron chi connectivity index (χ1n) is 5.80. The van der Waals surface area contributed by atoms with Crippen LogP contribution in [0.2, 0.25) is 0 Å². The molecule has 0 radical (unpaired) electrons. The van der Waals surface area contributed by atoms with Crippen LogP contribution < -0.4 is 10.6 Å². The van der Waals surface area contributed by atoms with Gasteiger partial charge < -0.3 is 10.6 Å². The molecule has 0 saturated carbocycles. The van der Waals surface area contributed by atoms with Crippen LogP contribution in [0.3, 0.4) is 0 Å². The Bertz CT molecular complexity index is 514. The standard InChI is InChI=1S/C14H16FN3/c1-18(10-13-4-2-3-7-17-13)14-6-5-12(15)8-11(14)9-16/h2-8H,9-10,16H2,1H3. The highest BCUT2D eigenvalue weighted by molar-refractivity contribution is 5.53. The van der Waals surface area contributed by atoms with Crippen molar-refractivity contribution in [3.63, 3.8) is 0 Å². The van der Waals surface area contributed by atoms with Crippen LogP contribution in [-0.2, 0) is 13.1 Å². The van der Waals surface area contributed by atoms with Gasteiger partial charge in [-0.25, -0.2) is 4.39 Å². The molecule has 94 valence electrons. The maximum Gasteiger partial charge on any atom is 0.123 e. The van der Waals surface area contributed by atoms with E-state index in [0.29, 0.717) is 13.1 Å². The highest BCUT2D eigenvalue weighted by Crippen LogP contribution is 2.21. The van der Waals surface area contributed by atoms with Gasteiger partial charge in [-0.15, -0.1) is 0 Å². The van der Waals surface area contributed by atoms with Crippen molar-refractivity contribution in [2.45, 2.75) is 13.1 Å². The fourth-order valence-corrected chi connectivity index (χ4v) is 1.91. The van der Waals surface area contributed by atoms with E-state index in [1.54, 1.807) is 12.3 Å². The minimum absolute atomic E-state index is 0.259. The highest BCUT2D eigenvalue weighted by atomic mass is 19.1. The van der Waals surface area contributed by atoms with Crippen LogP contribution in [0.5, 0.6) is 0 Å². The second-order valence-corrected chi connectivity index (χ2v) is 4.15. The highest BCUT2D eigenvalue weighted by Gasteiger charge is 2.08. The zero-order valence-electron chi connectivity index (χ0n) is 10.3. The van der Waals surface area contributed by atoms with E-state index in [1.807, 2.05) is 30.1 Å². The van der Waals surface area contributed by atoms with Crippen molar-refractivity contribution >= 4 is 5.69 Å². The lowest BCUT2D eigenvalue weighted by atomic mass is 10.1. The number of nitrogens with two attached hydrogens (primary N) is 1. The van der Waals surface area contributed by atoms with Crippen molar-refractivity contribution in [3.8, 4) is 0 Å². The van der Waals surface area contributed by atoms with Crippen LogP contribution >= 0.6 is 0 Å². The van der Waals surface area contributed by atoms with Crippen LogP contribution in [-0.4, -0.2) is 12.0 Å². The molecule has 3 nitrogen and oxygen atoms in total. The van der Waals surface area contributed by atoms with E-state index in [2.05, 4.69) is 4.98 Å². The summed E-state index contributed by atoms with van der Waals surface area (Å²) in [5, 5.41) is 0. The van der Waals surface area contributed by atoms with Gasteiger partial charge in [0.2, 0.25) is 0 Å². The molecule has 0 bridgehead atoms.